The monoisotopic (exact) mass is 722 g/mol. The number of carbonyl (C=O) groups is 6. The Morgan fingerprint density at radius 1 is 0.667 bits per heavy atom. The number of hydrogen-bond acceptors (Lipinski definition) is 10. The van der Waals surface area contributed by atoms with E-state index >= 15 is 0 Å². The Morgan fingerprint density at radius 2 is 1.10 bits per heavy atom. The van der Waals surface area contributed by atoms with Crippen LogP contribution in [0.15, 0.2) is 24.3 Å². The molecule has 272 valence electrons. The Morgan fingerprint density at radius 3 is 1.57 bits per heavy atom. The summed E-state index contributed by atoms with van der Waals surface area (Å²) in [5, 5.41) is 0. The molecule has 2 fully saturated rings. The van der Waals surface area contributed by atoms with Gasteiger partial charge in [0.2, 0.25) is 5.91 Å². The highest BCUT2D eigenvalue weighted by Crippen LogP contribution is 2.44. The molecule has 4 aliphatic heterocycles. The normalized spacial score (nSPS) is 20.5. The van der Waals surface area contributed by atoms with Gasteiger partial charge in [-0.25, -0.2) is 0 Å². The molecule has 0 radical (unpaired) electrons. The third-order valence-electron chi connectivity index (χ3n) is 9.79. The van der Waals surface area contributed by atoms with Gasteiger partial charge in [0, 0.05) is 32.0 Å². The smallest absolute Gasteiger partial charge is 0.257 e. The molecule has 4 aliphatic rings. The van der Waals surface area contributed by atoms with E-state index in [-0.39, 0.29) is 73.7 Å². The summed E-state index contributed by atoms with van der Waals surface area (Å²) in [5.74, 6) is -0.474. The minimum Gasteiger partial charge on any atom is -0.493 e. The standard InChI is InChI=1S/C36H43N4O10P/c1-35(2,17-49-29-12-23-21(10-27(29)47-6)31(43)38-14-19(41)8-25(38)33(45)37(23)5)16-36(3,4)18-50-30-13-24-22(11-28(30)48-7)32(44)39-15-20(42)9-26(39)34(46)40(24)51/h10-13,25-26H,8-9,14-18,51H2,1-7H3. The SMILES string of the molecule is COc1cc2c(cc1OCC(C)(C)CC(C)(C)COc1cc3c(cc1OC)C(=O)N1CC(=O)CC1C(=O)N3P)N(C)C(=O)C1CC(=O)CN1C2=O. The van der Waals surface area contributed by atoms with E-state index in [1.165, 1.54) is 33.6 Å². The van der Waals surface area contributed by atoms with Crippen LogP contribution in [0.4, 0.5) is 11.4 Å². The number of likely N-dealkylation sites (N-methyl/N-ethyl adjacent to an activating group) is 1. The molecule has 14 nitrogen and oxygen atoms in total. The molecule has 3 unspecified atom stereocenters. The summed E-state index contributed by atoms with van der Waals surface area (Å²) in [6.07, 6.45) is 0.614. The van der Waals surface area contributed by atoms with Crippen molar-refractivity contribution in [3.05, 3.63) is 35.4 Å². The van der Waals surface area contributed by atoms with Crippen molar-refractivity contribution in [2.24, 2.45) is 10.8 Å². The Bertz CT molecular complexity index is 1730. The molecule has 0 aromatic heterocycles. The number of amides is 4. The maximum Gasteiger partial charge on any atom is 0.257 e. The largest absolute Gasteiger partial charge is 0.493 e. The van der Waals surface area contributed by atoms with Crippen LogP contribution in [0.2, 0.25) is 0 Å². The lowest BCUT2D eigenvalue weighted by Gasteiger charge is -2.35. The highest BCUT2D eigenvalue weighted by Gasteiger charge is 2.46. The van der Waals surface area contributed by atoms with Gasteiger partial charge in [0.25, 0.3) is 17.7 Å². The number of nitrogens with zero attached hydrogens (tertiary/aromatic N) is 4. The van der Waals surface area contributed by atoms with Crippen LogP contribution in [0, 0.1) is 10.8 Å². The molecule has 2 aromatic rings. The molecule has 0 spiro atoms. The number of carbonyl (C=O) groups excluding carboxylic acids is 6. The first-order valence-corrected chi connectivity index (χ1v) is 17.2. The van der Waals surface area contributed by atoms with Gasteiger partial charge >= 0.3 is 0 Å². The zero-order valence-corrected chi connectivity index (χ0v) is 31.0. The lowest BCUT2D eigenvalue weighted by molar-refractivity contribution is -0.122. The van der Waals surface area contributed by atoms with Gasteiger partial charge < -0.3 is 33.6 Å². The summed E-state index contributed by atoms with van der Waals surface area (Å²) in [4.78, 5) is 81.6. The highest BCUT2D eigenvalue weighted by atomic mass is 31.0. The van der Waals surface area contributed by atoms with E-state index < -0.39 is 34.7 Å². The molecule has 4 amide bonds. The molecule has 0 bridgehead atoms. The van der Waals surface area contributed by atoms with Gasteiger partial charge in [0.15, 0.2) is 34.6 Å². The second-order valence-corrected chi connectivity index (χ2v) is 15.6. The van der Waals surface area contributed by atoms with Crippen LogP contribution in [0.3, 0.4) is 0 Å². The van der Waals surface area contributed by atoms with Crippen molar-refractivity contribution in [3.63, 3.8) is 0 Å². The molecule has 2 aromatic carbocycles. The topological polar surface area (TPSA) is 152 Å². The number of ketones is 2. The molecule has 15 heteroatoms. The molecule has 51 heavy (non-hydrogen) atoms. The summed E-state index contributed by atoms with van der Waals surface area (Å²) in [7, 11) is 6.88. The third kappa shape index (κ3) is 6.61. The van der Waals surface area contributed by atoms with Crippen molar-refractivity contribution in [2.45, 2.75) is 59.0 Å². The fraction of sp³-hybridized carbons (Fsp3) is 0.500. The van der Waals surface area contributed by atoms with E-state index in [4.69, 9.17) is 18.9 Å². The number of hydrogen-bond donors (Lipinski definition) is 0. The number of methoxy groups -OCH3 is 2. The molecule has 4 heterocycles. The van der Waals surface area contributed by atoms with Crippen molar-refractivity contribution < 1.29 is 47.7 Å². The first-order chi connectivity index (χ1) is 23.9. The predicted molar refractivity (Wildman–Crippen MR) is 189 cm³/mol. The van der Waals surface area contributed by atoms with E-state index in [9.17, 15) is 28.8 Å². The van der Waals surface area contributed by atoms with Crippen LogP contribution in [-0.2, 0) is 19.2 Å². The lowest BCUT2D eigenvalue weighted by atomic mass is 9.76. The zero-order chi connectivity index (χ0) is 37.2. The quantitative estimate of drug-likeness (QED) is 0.334. The lowest BCUT2D eigenvalue weighted by Crippen LogP contribution is -2.43. The van der Waals surface area contributed by atoms with Crippen LogP contribution in [0.25, 0.3) is 0 Å². The molecule has 0 saturated carbocycles. The fourth-order valence-corrected chi connectivity index (χ4v) is 7.97. The second kappa shape index (κ2) is 13.1. The minimum atomic E-state index is -0.852. The average Bonchev–Trinajstić information content (AvgIpc) is 3.65. The summed E-state index contributed by atoms with van der Waals surface area (Å²) >= 11 is 0. The Hall–Kier alpha value is -4.71. The number of benzene rings is 2. The molecular weight excluding hydrogens is 679 g/mol. The van der Waals surface area contributed by atoms with E-state index in [2.05, 4.69) is 37.1 Å². The van der Waals surface area contributed by atoms with Crippen LogP contribution < -0.4 is 28.5 Å². The van der Waals surface area contributed by atoms with Crippen molar-refractivity contribution in [1.82, 2.24) is 9.80 Å². The van der Waals surface area contributed by atoms with Crippen LogP contribution in [0.1, 0.15) is 67.7 Å². The number of Topliss-reactive ketones (excluding diaryl/α,β-unsaturated/α-hetero) is 2. The summed E-state index contributed by atoms with van der Waals surface area (Å²) in [5.41, 5.74) is 0.415. The van der Waals surface area contributed by atoms with Gasteiger partial charge in [-0.2, -0.15) is 0 Å². The highest BCUT2D eigenvalue weighted by molar-refractivity contribution is 7.21. The summed E-state index contributed by atoms with van der Waals surface area (Å²) in [6, 6.07) is 4.67. The predicted octanol–water partition coefficient (Wildman–Crippen LogP) is 3.28. The molecule has 3 atom stereocenters. The van der Waals surface area contributed by atoms with Crippen LogP contribution in [0.5, 0.6) is 23.0 Å². The number of anilines is 2. The van der Waals surface area contributed by atoms with Gasteiger partial charge in [-0.1, -0.05) is 27.7 Å². The van der Waals surface area contributed by atoms with Crippen LogP contribution >= 0.6 is 9.39 Å². The van der Waals surface area contributed by atoms with E-state index in [1.807, 2.05) is 0 Å². The van der Waals surface area contributed by atoms with Gasteiger partial charge in [-0.15, -0.1) is 0 Å². The van der Waals surface area contributed by atoms with E-state index in [0.717, 1.165) is 0 Å². The van der Waals surface area contributed by atoms with Crippen molar-refractivity contribution in [3.8, 4) is 23.0 Å². The second-order valence-electron chi connectivity index (χ2n) is 15.1. The average molecular weight is 723 g/mol. The molecule has 6 rings (SSSR count). The van der Waals surface area contributed by atoms with Crippen molar-refractivity contribution in [2.75, 3.05) is 57.1 Å². The number of fused-ring (bicyclic) bond motifs is 4. The number of ether oxygens (including phenoxy) is 4. The maximum atomic E-state index is 13.4. The van der Waals surface area contributed by atoms with Crippen molar-refractivity contribution in [1.29, 1.82) is 0 Å². The third-order valence-corrected chi connectivity index (χ3v) is 10.3. The molecule has 2 saturated heterocycles. The molecule has 0 N–H and O–H groups in total. The van der Waals surface area contributed by atoms with E-state index in [0.29, 0.717) is 40.8 Å². The van der Waals surface area contributed by atoms with Crippen molar-refractivity contribution >= 4 is 56.0 Å². The Kier molecular flexibility index (Phi) is 9.28. The van der Waals surface area contributed by atoms with E-state index in [1.54, 1.807) is 31.3 Å². The van der Waals surface area contributed by atoms with Gasteiger partial charge in [-0.05, 0) is 38.8 Å². The maximum absolute atomic E-state index is 13.4. The van der Waals surface area contributed by atoms with Crippen LogP contribution in [-0.4, -0.2) is 105 Å². The first kappa shape index (κ1) is 36.1. The number of rotatable bonds is 10. The van der Waals surface area contributed by atoms with Gasteiger partial charge in [0.1, 0.15) is 12.1 Å². The Labute approximate surface area is 298 Å². The van der Waals surface area contributed by atoms with Gasteiger partial charge in [-0.3, -0.25) is 33.4 Å². The zero-order valence-electron chi connectivity index (χ0n) is 29.9. The Balaban J connectivity index is 1.16. The molecular formula is C36H43N4O10P. The summed E-state index contributed by atoms with van der Waals surface area (Å²) < 4.78 is 25.1. The molecule has 0 aliphatic carbocycles. The fourth-order valence-electron chi connectivity index (χ4n) is 7.59. The van der Waals surface area contributed by atoms with Gasteiger partial charge in [0.05, 0.1) is 63.0 Å². The minimum absolute atomic E-state index is 0.00582. The first-order valence-electron chi connectivity index (χ1n) is 16.7. The summed E-state index contributed by atoms with van der Waals surface area (Å²) in [6.45, 7) is 8.51.